The fourth-order valence-electron chi connectivity index (χ4n) is 5.21. The van der Waals surface area contributed by atoms with E-state index in [-0.39, 0.29) is 0 Å². The third-order valence-corrected chi connectivity index (χ3v) is 7.55. The van der Waals surface area contributed by atoms with E-state index in [2.05, 4.69) is 120 Å². The normalized spacial score (nSPS) is 15.5. The summed E-state index contributed by atoms with van der Waals surface area (Å²) in [5.74, 6) is 0.905. The second-order valence-corrected chi connectivity index (χ2v) is 9.98. The summed E-state index contributed by atoms with van der Waals surface area (Å²) in [6.45, 7) is 13.6. The van der Waals surface area contributed by atoms with Gasteiger partial charge in [0.05, 0.1) is 7.11 Å². The molecule has 0 aromatic heterocycles. The molecule has 0 unspecified atom stereocenters. The van der Waals surface area contributed by atoms with E-state index in [1.807, 2.05) is 0 Å². The van der Waals surface area contributed by atoms with Crippen LogP contribution in [0, 0.1) is 0 Å². The Morgan fingerprint density at radius 2 is 1.35 bits per heavy atom. The Labute approximate surface area is 224 Å². The number of piperazine rings is 1. The minimum Gasteiger partial charge on any atom is -0.497 e. The Hall–Kier alpha value is -2.92. The predicted octanol–water partition coefficient (Wildman–Crippen LogP) is 6.22. The maximum absolute atomic E-state index is 5.41. The summed E-state index contributed by atoms with van der Waals surface area (Å²) < 4.78 is 5.41. The van der Waals surface area contributed by atoms with Gasteiger partial charge in [-0.15, -0.1) is 0 Å². The third-order valence-electron chi connectivity index (χ3n) is 7.55. The fraction of sp³-hybridized carbons (Fsp3) is 0.394. The maximum atomic E-state index is 5.41. The molecule has 196 valence electrons. The van der Waals surface area contributed by atoms with Gasteiger partial charge in [-0.25, -0.2) is 0 Å². The van der Waals surface area contributed by atoms with E-state index in [9.17, 15) is 0 Å². The van der Waals surface area contributed by atoms with Crippen molar-refractivity contribution in [3.05, 3.63) is 108 Å². The van der Waals surface area contributed by atoms with Crippen molar-refractivity contribution in [1.82, 2.24) is 14.7 Å². The molecule has 0 spiro atoms. The highest BCUT2D eigenvalue weighted by Gasteiger charge is 2.20. The highest BCUT2D eigenvalue weighted by Crippen LogP contribution is 2.26. The topological polar surface area (TPSA) is 19.0 Å². The van der Waals surface area contributed by atoms with E-state index in [1.165, 1.54) is 61.4 Å². The molecular weight excluding hydrogens is 454 g/mol. The van der Waals surface area contributed by atoms with Gasteiger partial charge in [-0.1, -0.05) is 85.8 Å². The molecule has 4 heteroatoms. The Morgan fingerprint density at radius 3 is 1.86 bits per heavy atom. The van der Waals surface area contributed by atoms with Gasteiger partial charge >= 0.3 is 0 Å². The number of hydrogen-bond donors (Lipinski definition) is 0. The first kappa shape index (κ1) is 27.1. The molecule has 0 N–H and O–H groups in total. The fourth-order valence-corrected chi connectivity index (χ4v) is 5.21. The molecule has 3 aromatic carbocycles. The molecule has 0 aliphatic carbocycles. The van der Waals surface area contributed by atoms with Gasteiger partial charge in [0.2, 0.25) is 0 Å². The van der Waals surface area contributed by atoms with Crippen LogP contribution in [-0.2, 0) is 0 Å². The quantitative estimate of drug-likeness (QED) is 0.296. The molecule has 0 saturated carbocycles. The number of benzene rings is 3. The van der Waals surface area contributed by atoms with E-state index in [0.717, 1.165) is 25.4 Å². The number of nitrogens with zero attached hydrogens (tertiary/aromatic N) is 3. The van der Waals surface area contributed by atoms with Crippen molar-refractivity contribution in [1.29, 1.82) is 0 Å². The molecule has 1 saturated heterocycles. The molecule has 1 atom stereocenters. The van der Waals surface area contributed by atoms with Gasteiger partial charge in [-0.2, -0.15) is 0 Å². The first-order valence-corrected chi connectivity index (χ1v) is 13.8. The van der Waals surface area contributed by atoms with Crippen molar-refractivity contribution in [2.45, 2.75) is 26.3 Å². The summed E-state index contributed by atoms with van der Waals surface area (Å²) in [7, 11) is 1.73. The average molecular weight is 498 g/mol. The van der Waals surface area contributed by atoms with Crippen molar-refractivity contribution in [2.24, 2.45) is 0 Å². The zero-order chi connectivity index (χ0) is 25.9. The number of rotatable bonds is 12. The first-order valence-electron chi connectivity index (χ1n) is 13.8. The Morgan fingerprint density at radius 1 is 0.811 bits per heavy atom. The monoisotopic (exact) mass is 497 g/mol. The van der Waals surface area contributed by atoms with E-state index in [0.29, 0.717) is 6.04 Å². The molecule has 37 heavy (non-hydrogen) atoms. The Kier molecular flexibility index (Phi) is 10.4. The van der Waals surface area contributed by atoms with Gasteiger partial charge in [0.15, 0.2) is 0 Å². The lowest BCUT2D eigenvalue weighted by atomic mass is 9.97. The summed E-state index contributed by atoms with van der Waals surface area (Å²) in [5, 5.41) is 0. The second kappa shape index (κ2) is 14.1. The van der Waals surface area contributed by atoms with Gasteiger partial charge < -0.3 is 9.64 Å². The highest BCUT2D eigenvalue weighted by molar-refractivity contribution is 5.79. The average Bonchev–Trinajstić information content (AvgIpc) is 2.96. The van der Waals surface area contributed by atoms with Crippen LogP contribution in [0.5, 0.6) is 5.75 Å². The van der Waals surface area contributed by atoms with Gasteiger partial charge in [0, 0.05) is 51.9 Å². The largest absolute Gasteiger partial charge is 0.497 e. The van der Waals surface area contributed by atoms with E-state index >= 15 is 0 Å². The van der Waals surface area contributed by atoms with E-state index < -0.39 is 0 Å². The molecule has 1 fully saturated rings. The van der Waals surface area contributed by atoms with Crippen LogP contribution >= 0.6 is 0 Å². The molecule has 0 bridgehead atoms. The SMILES string of the molecule is CCCN1CCN(CCN(CC=C(c2ccccc2)c2ccccc2)[C@H](C)c2ccc(OC)cc2)CC1. The molecule has 4 nitrogen and oxygen atoms in total. The standard InChI is InChI=1S/C33H43N3O/c1-4-20-34-22-24-35(25-23-34)26-27-36(28(2)29-15-17-32(37-3)18-16-29)21-19-33(30-11-7-5-8-12-30)31-13-9-6-10-14-31/h5-19,28H,4,20-27H2,1-3H3/t28-/m1/s1. The molecule has 3 aromatic rings. The Balaban J connectivity index is 1.53. The molecule has 1 aliphatic heterocycles. The zero-order valence-corrected chi connectivity index (χ0v) is 22.9. The van der Waals surface area contributed by atoms with Crippen LogP contribution in [0.4, 0.5) is 0 Å². The van der Waals surface area contributed by atoms with Crippen LogP contribution < -0.4 is 4.74 Å². The van der Waals surface area contributed by atoms with Crippen LogP contribution in [-0.4, -0.2) is 74.2 Å². The predicted molar refractivity (Wildman–Crippen MR) is 156 cm³/mol. The summed E-state index contributed by atoms with van der Waals surface area (Å²) in [6.07, 6.45) is 3.66. The molecule has 1 heterocycles. The molecule has 4 rings (SSSR count). The van der Waals surface area contributed by atoms with E-state index in [4.69, 9.17) is 4.74 Å². The van der Waals surface area contributed by atoms with Crippen molar-refractivity contribution in [2.75, 3.05) is 59.5 Å². The van der Waals surface area contributed by atoms with Crippen molar-refractivity contribution in [3.63, 3.8) is 0 Å². The number of ether oxygens (including phenoxy) is 1. The van der Waals surface area contributed by atoms with Crippen molar-refractivity contribution in [3.8, 4) is 5.75 Å². The lowest BCUT2D eigenvalue weighted by Crippen LogP contribution is -2.48. The Bertz CT molecular complexity index is 1030. The number of methoxy groups -OCH3 is 1. The third kappa shape index (κ3) is 7.78. The van der Waals surface area contributed by atoms with Crippen LogP contribution in [0.3, 0.4) is 0 Å². The van der Waals surface area contributed by atoms with Crippen LogP contribution in [0.15, 0.2) is 91.0 Å². The van der Waals surface area contributed by atoms with Crippen LogP contribution in [0.2, 0.25) is 0 Å². The summed E-state index contributed by atoms with van der Waals surface area (Å²) in [4.78, 5) is 7.86. The lowest BCUT2D eigenvalue weighted by molar-refractivity contribution is 0.113. The first-order chi connectivity index (χ1) is 18.2. The van der Waals surface area contributed by atoms with Crippen LogP contribution in [0.1, 0.15) is 43.0 Å². The molecular formula is C33H43N3O. The minimum atomic E-state index is 0.302. The molecule has 1 aliphatic rings. The van der Waals surface area contributed by atoms with Gasteiger partial charge in [-0.3, -0.25) is 9.80 Å². The minimum absolute atomic E-state index is 0.302. The molecule has 0 radical (unpaired) electrons. The highest BCUT2D eigenvalue weighted by atomic mass is 16.5. The van der Waals surface area contributed by atoms with Crippen molar-refractivity contribution < 1.29 is 4.74 Å². The summed E-state index contributed by atoms with van der Waals surface area (Å²) in [5.41, 5.74) is 5.14. The van der Waals surface area contributed by atoms with Gasteiger partial charge in [0.1, 0.15) is 5.75 Å². The summed E-state index contributed by atoms with van der Waals surface area (Å²) in [6, 6.07) is 30.4. The molecule has 0 amide bonds. The van der Waals surface area contributed by atoms with Crippen LogP contribution in [0.25, 0.3) is 5.57 Å². The van der Waals surface area contributed by atoms with Crippen molar-refractivity contribution >= 4 is 5.57 Å². The van der Waals surface area contributed by atoms with Gasteiger partial charge in [-0.05, 0) is 54.3 Å². The second-order valence-electron chi connectivity index (χ2n) is 9.98. The van der Waals surface area contributed by atoms with E-state index in [1.54, 1.807) is 7.11 Å². The summed E-state index contributed by atoms with van der Waals surface area (Å²) >= 11 is 0. The zero-order valence-electron chi connectivity index (χ0n) is 22.9. The van der Waals surface area contributed by atoms with Gasteiger partial charge in [0.25, 0.3) is 0 Å². The smallest absolute Gasteiger partial charge is 0.118 e. The number of hydrogen-bond acceptors (Lipinski definition) is 4. The maximum Gasteiger partial charge on any atom is 0.118 e. The lowest BCUT2D eigenvalue weighted by Gasteiger charge is -2.36.